The molecule has 0 saturated carbocycles. The van der Waals surface area contributed by atoms with Gasteiger partial charge in [0, 0.05) is 6.42 Å². The molecule has 2 unspecified atom stereocenters. The van der Waals surface area contributed by atoms with Crippen LogP contribution in [0.15, 0.2) is 54.6 Å². The Balaban J connectivity index is 1.96. The van der Waals surface area contributed by atoms with Crippen molar-refractivity contribution >= 4 is 11.9 Å². The van der Waals surface area contributed by atoms with Crippen molar-refractivity contribution in [3.63, 3.8) is 0 Å². The maximum absolute atomic E-state index is 12.2. The SMILES string of the molecule is CC(CC(=O)NC(CO)c1ccccc1)c1ccc(C(=O)O)cc1. The lowest BCUT2D eigenvalue weighted by Gasteiger charge is -2.18. The Morgan fingerprint density at radius 3 is 2.17 bits per heavy atom. The average Bonchev–Trinajstić information content (AvgIpc) is 2.60. The highest BCUT2D eigenvalue weighted by Gasteiger charge is 2.16. The molecule has 5 heteroatoms. The molecule has 0 spiro atoms. The number of rotatable bonds is 7. The first kappa shape index (κ1) is 17.7. The molecule has 2 aromatic rings. The Morgan fingerprint density at radius 2 is 1.62 bits per heavy atom. The van der Waals surface area contributed by atoms with Crippen molar-refractivity contribution in [2.75, 3.05) is 6.61 Å². The summed E-state index contributed by atoms with van der Waals surface area (Å²) in [5, 5.41) is 21.2. The monoisotopic (exact) mass is 327 g/mol. The number of benzene rings is 2. The first-order chi connectivity index (χ1) is 11.5. The van der Waals surface area contributed by atoms with E-state index in [0.29, 0.717) is 0 Å². The third-order valence-corrected chi connectivity index (χ3v) is 3.94. The summed E-state index contributed by atoms with van der Waals surface area (Å²) in [5.74, 6) is -1.18. The number of aliphatic hydroxyl groups is 1. The summed E-state index contributed by atoms with van der Waals surface area (Å²) in [4.78, 5) is 23.1. The molecule has 2 atom stereocenters. The van der Waals surface area contributed by atoms with Crippen LogP contribution < -0.4 is 5.32 Å². The molecule has 0 bridgehead atoms. The minimum absolute atomic E-state index is 0.0528. The molecule has 0 heterocycles. The van der Waals surface area contributed by atoms with Gasteiger partial charge in [0.05, 0.1) is 18.2 Å². The lowest BCUT2D eigenvalue weighted by molar-refractivity contribution is -0.122. The average molecular weight is 327 g/mol. The number of carbonyl (C=O) groups is 2. The van der Waals surface area contributed by atoms with E-state index in [4.69, 9.17) is 5.11 Å². The molecule has 24 heavy (non-hydrogen) atoms. The van der Waals surface area contributed by atoms with Gasteiger partial charge in [-0.1, -0.05) is 49.4 Å². The number of nitrogens with one attached hydrogen (secondary N) is 1. The predicted octanol–water partition coefficient (Wildman–Crippen LogP) is 2.73. The molecule has 3 N–H and O–H groups in total. The fourth-order valence-corrected chi connectivity index (χ4v) is 2.52. The van der Waals surface area contributed by atoms with Gasteiger partial charge in [-0.25, -0.2) is 4.79 Å². The van der Waals surface area contributed by atoms with Gasteiger partial charge in [-0.2, -0.15) is 0 Å². The summed E-state index contributed by atoms with van der Waals surface area (Å²) in [6.07, 6.45) is 0.260. The van der Waals surface area contributed by atoms with Crippen molar-refractivity contribution in [2.45, 2.75) is 25.3 Å². The van der Waals surface area contributed by atoms with Crippen molar-refractivity contribution in [1.82, 2.24) is 5.32 Å². The fraction of sp³-hybridized carbons (Fsp3) is 0.263. The zero-order valence-corrected chi connectivity index (χ0v) is 13.5. The smallest absolute Gasteiger partial charge is 0.335 e. The van der Waals surface area contributed by atoms with Crippen LogP contribution >= 0.6 is 0 Å². The van der Waals surface area contributed by atoms with Crippen LogP contribution in [0.2, 0.25) is 0 Å². The molecule has 2 rings (SSSR count). The highest BCUT2D eigenvalue weighted by molar-refractivity contribution is 5.87. The van der Waals surface area contributed by atoms with Gasteiger partial charge in [-0.05, 0) is 29.2 Å². The molecule has 0 aromatic heterocycles. The van der Waals surface area contributed by atoms with E-state index >= 15 is 0 Å². The van der Waals surface area contributed by atoms with E-state index in [0.717, 1.165) is 11.1 Å². The van der Waals surface area contributed by atoms with Gasteiger partial charge in [0.2, 0.25) is 5.91 Å². The Kier molecular flexibility index (Phi) is 6.09. The lowest BCUT2D eigenvalue weighted by Crippen LogP contribution is -2.31. The van der Waals surface area contributed by atoms with Crippen molar-refractivity contribution in [3.05, 3.63) is 71.3 Å². The van der Waals surface area contributed by atoms with E-state index in [1.165, 1.54) is 12.1 Å². The summed E-state index contributed by atoms with van der Waals surface area (Å²) in [6.45, 7) is 1.74. The molecular formula is C19H21NO4. The largest absolute Gasteiger partial charge is 0.478 e. The number of aliphatic hydroxyl groups excluding tert-OH is 1. The molecule has 2 aromatic carbocycles. The summed E-state index contributed by atoms with van der Waals surface area (Å²) < 4.78 is 0. The Morgan fingerprint density at radius 1 is 1.00 bits per heavy atom. The van der Waals surface area contributed by atoms with E-state index in [9.17, 15) is 14.7 Å². The Bertz CT molecular complexity index is 682. The molecule has 0 aliphatic carbocycles. The number of hydrogen-bond acceptors (Lipinski definition) is 3. The topological polar surface area (TPSA) is 86.6 Å². The second-order valence-corrected chi connectivity index (χ2v) is 5.75. The van der Waals surface area contributed by atoms with Crippen LogP contribution in [0.25, 0.3) is 0 Å². The first-order valence-corrected chi connectivity index (χ1v) is 7.79. The molecule has 126 valence electrons. The van der Waals surface area contributed by atoms with Crippen molar-refractivity contribution < 1.29 is 19.8 Å². The van der Waals surface area contributed by atoms with E-state index in [1.807, 2.05) is 37.3 Å². The molecule has 0 radical (unpaired) electrons. The van der Waals surface area contributed by atoms with Gasteiger partial charge >= 0.3 is 5.97 Å². The third-order valence-electron chi connectivity index (χ3n) is 3.94. The number of aromatic carboxylic acids is 1. The standard InChI is InChI=1S/C19H21NO4/c1-13(14-7-9-16(10-8-14)19(23)24)11-18(22)20-17(12-21)15-5-3-2-4-6-15/h2-10,13,17,21H,11-12H2,1H3,(H,20,22)(H,23,24). The fourth-order valence-electron chi connectivity index (χ4n) is 2.52. The molecule has 5 nitrogen and oxygen atoms in total. The van der Waals surface area contributed by atoms with Gasteiger partial charge in [0.25, 0.3) is 0 Å². The lowest BCUT2D eigenvalue weighted by atomic mass is 9.96. The second-order valence-electron chi connectivity index (χ2n) is 5.75. The zero-order chi connectivity index (χ0) is 17.5. The normalized spacial score (nSPS) is 13.1. The van der Waals surface area contributed by atoms with Gasteiger partial charge in [-0.15, -0.1) is 0 Å². The maximum atomic E-state index is 12.2. The number of hydrogen-bond donors (Lipinski definition) is 3. The third kappa shape index (κ3) is 4.67. The molecule has 1 amide bonds. The van der Waals surface area contributed by atoms with Crippen molar-refractivity contribution in [1.29, 1.82) is 0 Å². The number of amides is 1. The van der Waals surface area contributed by atoms with E-state index in [-0.39, 0.29) is 30.4 Å². The molecule has 0 aliphatic heterocycles. The van der Waals surface area contributed by atoms with Crippen LogP contribution in [0.5, 0.6) is 0 Å². The Hall–Kier alpha value is -2.66. The molecule has 0 aliphatic rings. The van der Waals surface area contributed by atoms with Crippen molar-refractivity contribution in [3.8, 4) is 0 Å². The zero-order valence-electron chi connectivity index (χ0n) is 13.5. The second kappa shape index (κ2) is 8.26. The van der Waals surface area contributed by atoms with Gasteiger partial charge in [0.1, 0.15) is 0 Å². The van der Waals surface area contributed by atoms with Crippen molar-refractivity contribution in [2.24, 2.45) is 0 Å². The van der Waals surface area contributed by atoms with E-state index < -0.39 is 12.0 Å². The summed E-state index contributed by atoms with van der Waals surface area (Å²) in [6, 6.07) is 15.4. The molecule has 0 fully saturated rings. The van der Waals surface area contributed by atoms with E-state index in [1.54, 1.807) is 12.1 Å². The van der Waals surface area contributed by atoms with E-state index in [2.05, 4.69) is 5.32 Å². The van der Waals surface area contributed by atoms with Crippen LogP contribution in [0.1, 0.15) is 46.8 Å². The quantitative estimate of drug-likeness (QED) is 0.730. The summed E-state index contributed by atoms with van der Waals surface area (Å²) >= 11 is 0. The predicted molar refractivity (Wildman–Crippen MR) is 90.8 cm³/mol. The Labute approximate surface area is 141 Å². The first-order valence-electron chi connectivity index (χ1n) is 7.79. The van der Waals surface area contributed by atoms with Crippen LogP contribution in [-0.4, -0.2) is 28.7 Å². The van der Waals surface area contributed by atoms with Crippen LogP contribution in [0, 0.1) is 0 Å². The highest BCUT2D eigenvalue weighted by atomic mass is 16.4. The van der Waals surface area contributed by atoms with Crippen LogP contribution in [0.4, 0.5) is 0 Å². The number of carboxylic acids is 1. The highest BCUT2D eigenvalue weighted by Crippen LogP contribution is 2.20. The van der Waals surface area contributed by atoms with Crippen LogP contribution in [0.3, 0.4) is 0 Å². The summed E-state index contributed by atoms with van der Waals surface area (Å²) in [5.41, 5.74) is 1.97. The minimum atomic E-state index is -0.972. The van der Waals surface area contributed by atoms with Crippen LogP contribution in [-0.2, 0) is 4.79 Å². The molecular weight excluding hydrogens is 306 g/mol. The number of carbonyl (C=O) groups excluding carboxylic acids is 1. The minimum Gasteiger partial charge on any atom is -0.478 e. The molecule has 0 saturated heterocycles. The van der Waals surface area contributed by atoms with Gasteiger partial charge in [-0.3, -0.25) is 4.79 Å². The maximum Gasteiger partial charge on any atom is 0.335 e. The van der Waals surface area contributed by atoms with Gasteiger partial charge in [0.15, 0.2) is 0 Å². The summed E-state index contributed by atoms with van der Waals surface area (Å²) in [7, 11) is 0. The number of carboxylic acid groups (broad SMARTS) is 1. The van der Waals surface area contributed by atoms with Gasteiger partial charge < -0.3 is 15.5 Å².